The summed E-state index contributed by atoms with van der Waals surface area (Å²) in [7, 11) is 0. The molecule has 0 fully saturated rings. The van der Waals surface area contributed by atoms with Crippen molar-refractivity contribution in [3.63, 3.8) is 0 Å². The SMILES string of the molecule is CCC(=O)c1ccc(OCc2cccc(Oc3ccc(C#N)cn3)c2)c(C)c1O. The predicted molar refractivity (Wildman–Crippen MR) is 107 cm³/mol. The molecule has 0 atom stereocenters. The van der Waals surface area contributed by atoms with Crippen molar-refractivity contribution in [2.24, 2.45) is 0 Å². The van der Waals surface area contributed by atoms with Crippen molar-refractivity contribution in [2.75, 3.05) is 0 Å². The first-order chi connectivity index (χ1) is 14.0. The van der Waals surface area contributed by atoms with Crippen LogP contribution in [-0.2, 0) is 6.61 Å². The Morgan fingerprint density at radius 1 is 1.21 bits per heavy atom. The molecule has 6 nitrogen and oxygen atoms in total. The first-order valence-electron chi connectivity index (χ1n) is 9.13. The number of ether oxygens (including phenoxy) is 2. The zero-order valence-corrected chi connectivity index (χ0v) is 16.2. The third kappa shape index (κ3) is 4.71. The second kappa shape index (κ2) is 8.89. The third-order valence-electron chi connectivity index (χ3n) is 4.38. The van der Waals surface area contributed by atoms with Crippen molar-refractivity contribution in [3.05, 3.63) is 77.0 Å². The van der Waals surface area contributed by atoms with Crippen LogP contribution in [0.4, 0.5) is 0 Å². The summed E-state index contributed by atoms with van der Waals surface area (Å²) >= 11 is 0. The number of ketones is 1. The van der Waals surface area contributed by atoms with Gasteiger partial charge in [0.2, 0.25) is 5.88 Å². The highest BCUT2D eigenvalue weighted by atomic mass is 16.5. The number of phenolic OH excluding ortho intramolecular Hbond substituents is 1. The van der Waals surface area contributed by atoms with Crippen molar-refractivity contribution in [3.8, 4) is 29.2 Å². The third-order valence-corrected chi connectivity index (χ3v) is 4.38. The van der Waals surface area contributed by atoms with Gasteiger partial charge in [0.1, 0.15) is 29.9 Å². The van der Waals surface area contributed by atoms with Gasteiger partial charge in [-0.15, -0.1) is 0 Å². The van der Waals surface area contributed by atoms with Gasteiger partial charge in [0, 0.05) is 24.2 Å². The minimum Gasteiger partial charge on any atom is -0.507 e. The number of nitrogens with zero attached hydrogens (tertiary/aromatic N) is 2. The molecule has 0 saturated carbocycles. The number of aromatic hydroxyl groups is 1. The van der Waals surface area contributed by atoms with Gasteiger partial charge in [-0.05, 0) is 42.8 Å². The number of aromatic nitrogens is 1. The van der Waals surface area contributed by atoms with Crippen LogP contribution in [0.3, 0.4) is 0 Å². The smallest absolute Gasteiger partial charge is 0.219 e. The van der Waals surface area contributed by atoms with E-state index in [1.807, 2.05) is 24.3 Å². The van der Waals surface area contributed by atoms with Gasteiger partial charge < -0.3 is 14.6 Å². The van der Waals surface area contributed by atoms with Gasteiger partial charge in [-0.3, -0.25) is 4.79 Å². The number of rotatable bonds is 7. The summed E-state index contributed by atoms with van der Waals surface area (Å²) in [6, 6.07) is 15.9. The molecule has 0 saturated heterocycles. The van der Waals surface area contributed by atoms with E-state index in [2.05, 4.69) is 4.98 Å². The number of Topliss-reactive ketones (excluding diaryl/α,β-unsaturated/α-hetero) is 1. The molecule has 3 rings (SSSR count). The Labute approximate surface area is 169 Å². The average Bonchev–Trinajstić information content (AvgIpc) is 2.75. The lowest BCUT2D eigenvalue weighted by Gasteiger charge is -2.13. The van der Waals surface area contributed by atoms with E-state index in [4.69, 9.17) is 14.7 Å². The Kier molecular flexibility index (Phi) is 6.10. The average molecular weight is 388 g/mol. The summed E-state index contributed by atoms with van der Waals surface area (Å²) in [6.07, 6.45) is 1.78. The minimum absolute atomic E-state index is 0.0432. The molecule has 0 radical (unpaired) electrons. The van der Waals surface area contributed by atoms with Gasteiger partial charge in [0.25, 0.3) is 0 Å². The minimum atomic E-state index is -0.113. The van der Waals surface area contributed by atoms with Gasteiger partial charge in [0.05, 0.1) is 11.1 Å². The number of hydrogen-bond acceptors (Lipinski definition) is 6. The van der Waals surface area contributed by atoms with Crippen LogP contribution < -0.4 is 9.47 Å². The highest BCUT2D eigenvalue weighted by Gasteiger charge is 2.15. The van der Waals surface area contributed by atoms with E-state index in [-0.39, 0.29) is 18.1 Å². The molecular formula is C23H20N2O4. The maximum Gasteiger partial charge on any atom is 0.219 e. The lowest BCUT2D eigenvalue weighted by atomic mass is 10.0. The molecule has 6 heteroatoms. The monoisotopic (exact) mass is 388 g/mol. The van der Waals surface area contributed by atoms with E-state index in [0.717, 1.165) is 5.56 Å². The Balaban J connectivity index is 1.70. The van der Waals surface area contributed by atoms with Crippen molar-refractivity contribution >= 4 is 5.78 Å². The largest absolute Gasteiger partial charge is 0.507 e. The first kappa shape index (κ1) is 19.9. The maximum atomic E-state index is 11.9. The molecule has 3 aromatic rings. The number of pyridine rings is 1. The molecule has 0 unspecified atom stereocenters. The fourth-order valence-electron chi connectivity index (χ4n) is 2.74. The van der Waals surface area contributed by atoms with Crippen molar-refractivity contribution in [2.45, 2.75) is 26.9 Å². The van der Waals surface area contributed by atoms with E-state index in [0.29, 0.717) is 40.5 Å². The topological polar surface area (TPSA) is 92.4 Å². The van der Waals surface area contributed by atoms with Crippen LogP contribution in [0.25, 0.3) is 0 Å². The second-order valence-electron chi connectivity index (χ2n) is 6.40. The molecule has 0 aliphatic rings. The number of carbonyl (C=O) groups excluding carboxylic acids is 1. The Morgan fingerprint density at radius 3 is 2.72 bits per heavy atom. The summed E-state index contributed by atoms with van der Waals surface area (Å²) in [5.41, 5.74) is 2.16. The first-order valence-corrected chi connectivity index (χ1v) is 9.13. The number of phenols is 1. The van der Waals surface area contributed by atoms with Crippen molar-refractivity contribution < 1.29 is 19.4 Å². The molecule has 0 bridgehead atoms. The fourth-order valence-corrected chi connectivity index (χ4v) is 2.74. The molecule has 1 N–H and O–H groups in total. The maximum absolute atomic E-state index is 11.9. The Hall–Kier alpha value is -3.85. The Bertz CT molecular complexity index is 1070. The summed E-state index contributed by atoms with van der Waals surface area (Å²) in [5, 5.41) is 19.1. The molecule has 146 valence electrons. The number of hydrogen-bond donors (Lipinski definition) is 1. The molecule has 2 aromatic carbocycles. The van der Waals surface area contributed by atoms with Crippen LogP contribution >= 0.6 is 0 Å². The van der Waals surface area contributed by atoms with Crippen LogP contribution in [-0.4, -0.2) is 15.9 Å². The molecule has 29 heavy (non-hydrogen) atoms. The number of benzene rings is 2. The van der Waals surface area contributed by atoms with Gasteiger partial charge >= 0.3 is 0 Å². The van der Waals surface area contributed by atoms with E-state index in [1.54, 1.807) is 44.2 Å². The lowest BCUT2D eigenvalue weighted by molar-refractivity contribution is 0.0985. The van der Waals surface area contributed by atoms with E-state index in [1.165, 1.54) is 6.20 Å². The van der Waals surface area contributed by atoms with Crippen molar-refractivity contribution in [1.29, 1.82) is 5.26 Å². The van der Waals surface area contributed by atoms with Crippen molar-refractivity contribution in [1.82, 2.24) is 4.98 Å². The van der Waals surface area contributed by atoms with Gasteiger partial charge in [-0.1, -0.05) is 19.1 Å². The molecule has 0 aliphatic carbocycles. The van der Waals surface area contributed by atoms with Crippen LogP contribution in [0.5, 0.6) is 23.1 Å². The number of nitriles is 1. The lowest BCUT2D eigenvalue weighted by Crippen LogP contribution is -2.02. The quantitative estimate of drug-likeness (QED) is 0.577. The molecule has 1 heterocycles. The molecule has 0 aliphatic heterocycles. The second-order valence-corrected chi connectivity index (χ2v) is 6.40. The van der Waals surface area contributed by atoms with Crippen LogP contribution in [0, 0.1) is 18.3 Å². The van der Waals surface area contributed by atoms with Gasteiger partial charge in [-0.2, -0.15) is 5.26 Å². The zero-order chi connectivity index (χ0) is 20.8. The summed E-state index contributed by atoms with van der Waals surface area (Å²) < 4.78 is 11.5. The summed E-state index contributed by atoms with van der Waals surface area (Å²) in [6.45, 7) is 3.73. The van der Waals surface area contributed by atoms with Crippen LogP contribution in [0.1, 0.15) is 40.4 Å². The van der Waals surface area contributed by atoms with Crippen LogP contribution in [0.2, 0.25) is 0 Å². The van der Waals surface area contributed by atoms with E-state index in [9.17, 15) is 9.90 Å². The van der Waals surface area contributed by atoms with Gasteiger partial charge in [0.15, 0.2) is 5.78 Å². The predicted octanol–water partition coefficient (Wildman–Crippen LogP) is 4.93. The zero-order valence-electron chi connectivity index (χ0n) is 16.2. The van der Waals surface area contributed by atoms with Crippen LogP contribution in [0.15, 0.2) is 54.7 Å². The Morgan fingerprint density at radius 2 is 2.03 bits per heavy atom. The van der Waals surface area contributed by atoms with E-state index < -0.39 is 0 Å². The molecule has 0 spiro atoms. The van der Waals surface area contributed by atoms with E-state index >= 15 is 0 Å². The summed E-state index contributed by atoms with van der Waals surface area (Å²) in [5.74, 6) is 1.33. The molecular weight excluding hydrogens is 368 g/mol. The molecule has 0 amide bonds. The highest BCUT2D eigenvalue weighted by Crippen LogP contribution is 2.32. The number of carbonyl (C=O) groups is 1. The molecule has 1 aromatic heterocycles. The highest BCUT2D eigenvalue weighted by molar-refractivity contribution is 5.99. The fraction of sp³-hybridized carbons (Fsp3) is 0.174. The summed E-state index contributed by atoms with van der Waals surface area (Å²) in [4.78, 5) is 16.0. The standard InChI is InChI=1S/C23H20N2O4/c1-3-20(26)19-8-9-21(15(2)23(19)27)28-14-16-5-4-6-18(11-16)29-22-10-7-17(12-24)13-25-22/h4-11,13,27H,3,14H2,1-2H3. The normalized spacial score (nSPS) is 10.2. The van der Waals surface area contributed by atoms with Gasteiger partial charge in [-0.25, -0.2) is 4.98 Å².